The zero-order valence-corrected chi connectivity index (χ0v) is 25.0. The molecular weight excluding hydrogens is 547 g/mol. The number of carbonyl (C=O) groups is 1. The molecule has 2 aliphatic heterocycles. The molecule has 232 valence electrons. The van der Waals surface area contributed by atoms with Gasteiger partial charge in [-0.1, -0.05) is 20.8 Å². The SMILES string of the molecule is CCc1cc(N2CCC(N(CC)CC)CC2)ccc1Nc1ncc(C(F)(F)F)c(NCCCN2CCCOCC2=O)n1. The average molecular weight is 592 g/mol. The van der Waals surface area contributed by atoms with Crippen LogP contribution in [0.2, 0.25) is 0 Å². The van der Waals surface area contributed by atoms with Crippen molar-refractivity contribution in [3.63, 3.8) is 0 Å². The molecular formula is C30H44F3N7O2. The predicted octanol–water partition coefficient (Wildman–Crippen LogP) is 5.16. The zero-order chi connectivity index (χ0) is 30.1. The van der Waals surface area contributed by atoms with Gasteiger partial charge in [0.15, 0.2) is 0 Å². The molecule has 2 N–H and O–H groups in total. The monoisotopic (exact) mass is 591 g/mol. The molecule has 0 bridgehead atoms. The lowest BCUT2D eigenvalue weighted by atomic mass is 10.0. The molecule has 42 heavy (non-hydrogen) atoms. The van der Waals surface area contributed by atoms with Crippen LogP contribution in [0.3, 0.4) is 0 Å². The molecule has 0 atom stereocenters. The van der Waals surface area contributed by atoms with E-state index in [2.05, 4.69) is 63.3 Å². The van der Waals surface area contributed by atoms with E-state index in [4.69, 9.17) is 4.74 Å². The molecule has 0 saturated carbocycles. The van der Waals surface area contributed by atoms with Gasteiger partial charge in [0.2, 0.25) is 11.9 Å². The van der Waals surface area contributed by atoms with Crippen LogP contribution in [0.1, 0.15) is 57.6 Å². The number of alkyl halides is 3. The van der Waals surface area contributed by atoms with E-state index in [-0.39, 0.29) is 30.8 Å². The summed E-state index contributed by atoms with van der Waals surface area (Å²) in [6.45, 7) is 12.4. The normalized spacial score (nSPS) is 17.1. The summed E-state index contributed by atoms with van der Waals surface area (Å²) < 4.78 is 46.5. The lowest BCUT2D eigenvalue weighted by molar-refractivity contribution is -0.137. The van der Waals surface area contributed by atoms with Crippen LogP contribution in [0.4, 0.5) is 36.3 Å². The summed E-state index contributed by atoms with van der Waals surface area (Å²) in [4.78, 5) is 26.9. The van der Waals surface area contributed by atoms with Crippen molar-refractivity contribution >= 4 is 29.0 Å². The Morgan fingerprint density at radius 2 is 1.88 bits per heavy atom. The minimum absolute atomic E-state index is 0.0441. The Bertz CT molecular complexity index is 1170. The van der Waals surface area contributed by atoms with Gasteiger partial charge in [-0.25, -0.2) is 4.98 Å². The maximum atomic E-state index is 13.7. The van der Waals surface area contributed by atoms with E-state index in [1.54, 1.807) is 4.90 Å². The molecule has 0 radical (unpaired) electrons. The van der Waals surface area contributed by atoms with Crippen molar-refractivity contribution in [3.8, 4) is 0 Å². The van der Waals surface area contributed by atoms with Crippen molar-refractivity contribution < 1.29 is 22.7 Å². The number of anilines is 4. The summed E-state index contributed by atoms with van der Waals surface area (Å²) in [5.74, 6) is -0.289. The van der Waals surface area contributed by atoms with E-state index in [0.717, 1.165) is 75.0 Å². The van der Waals surface area contributed by atoms with E-state index in [1.165, 1.54) is 0 Å². The van der Waals surface area contributed by atoms with Crippen molar-refractivity contribution in [3.05, 3.63) is 35.5 Å². The molecule has 2 saturated heterocycles. The van der Waals surface area contributed by atoms with Gasteiger partial charge in [-0.2, -0.15) is 18.2 Å². The fourth-order valence-electron chi connectivity index (χ4n) is 5.77. The molecule has 0 unspecified atom stereocenters. The standard InChI is InChI=1S/C30H44F3N7O2/c1-4-22-19-24(39-16-11-23(12-17-39)38(5-2)6-3)9-10-26(22)36-29-35-20-25(30(31,32)33)28(37-29)34-13-7-14-40-15-8-18-42-21-27(40)41/h9-10,19-20,23H,4-8,11-18,21H2,1-3H3,(H2,34,35,36,37). The average Bonchev–Trinajstić information content (AvgIpc) is 3.19. The highest BCUT2D eigenvalue weighted by Gasteiger charge is 2.35. The molecule has 0 aliphatic carbocycles. The maximum absolute atomic E-state index is 13.7. The molecule has 1 aromatic heterocycles. The van der Waals surface area contributed by atoms with E-state index >= 15 is 0 Å². The van der Waals surface area contributed by atoms with Crippen LogP contribution in [0, 0.1) is 0 Å². The van der Waals surface area contributed by atoms with Crippen LogP contribution < -0.4 is 15.5 Å². The summed E-state index contributed by atoms with van der Waals surface area (Å²) in [6.07, 6.45) is 0.430. The van der Waals surface area contributed by atoms with Gasteiger partial charge in [0.1, 0.15) is 18.0 Å². The Morgan fingerprint density at radius 3 is 2.57 bits per heavy atom. The van der Waals surface area contributed by atoms with E-state index in [1.807, 2.05) is 6.07 Å². The first-order valence-corrected chi connectivity index (χ1v) is 15.2. The zero-order valence-electron chi connectivity index (χ0n) is 25.0. The number of carbonyl (C=O) groups excluding carboxylic acids is 1. The van der Waals surface area contributed by atoms with Gasteiger partial charge in [0, 0.05) is 62.9 Å². The first-order chi connectivity index (χ1) is 20.2. The molecule has 12 heteroatoms. The van der Waals surface area contributed by atoms with Gasteiger partial charge >= 0.3 is 6.18 Å². The van der Waals surface area contributed by atoms with Crippen molar-refractivity contribution in [1.29, 1.82) is 0 Å². The molecule has 3 heterocycles. The minimum atomic E-state index is -4.60. The van der Waals surface area contributed by atoms with Crippen LogP contribution in [-0.2, 0) is 22.1 Å². The number of benzene rings is 1. The van der Waals surface area contributed by atoms with E-state index in [9.17, 15) is 18.0 Å². The van der Waals surface area contributed by atoms with Crippen LogP contribution in [0.15, 0.2) is 24.4 Å². The Hall–Kier alpha value is -3.12. The highest BCUT2D eigenvalue weighted by molar-refractivity contribution is 5.77. The Morgan fingerprint density at radius 1 is 1.12 bits per heavy atom. The molecule has 4 rings (SSSR count). The highest BCUT2D eigenvalue weighted by Crippen LogP contribution is 2.35. The van der Waals surface area contributed by atoms with Crippen molar-refractivity contribution in [1.82, 2.24) is 19.8 Å². The number of rotatable bonds is 12. The molecule has 2 aliphatic rings. The summed E-state index contributed by atoms with van der Waals surface area (Å²) in [5, 5.41) is 5.97. The Labute approximate surface area is 246 Å². The first-order valence-electron chi connectivity index (χ1n) is 15.2. The molecule has 9 nitrogen and oxygen atoms in total. The Balaban J connectivity index is 1.41. The summed E-state index contributed by atoms with van der Waals surface area (Å²) in [7, 11) is 0. The van der Waals surface area contributed by atoms with Gasteiger partial charge in [0.25, 0.3) is 0 Å². The van der Waals surface area contributed by atoms with Crippen molar-refractivity contribution in [2.45, 2.75) is 65.1 Å². The first kappa shape index (κ1) is 31.8. The van der Waals surface area contributed by atoms with Crippen molar-refractivity contribution in [2.24, 2.45) is 0 Å². The summed E-state index contributed by atoms with van der Waals surface area (Å²) in [6, 6.07) is 6.78. The predicted molar refractivity (Wildman–Crippen MR) is 159 cm³/mol. The molecule has 0 spiro atoms. The van der Waals surface area contributed by atoms with Crippen LogP contribution in [0.5, 0.6) is 0 Å². The number of hydrogen-bond donors (Lipinski definition) is 2. The quantitative estimate of drug-likeness (QED) is 0.328. The Kier molecular flexibility index (Phi) is 11.3. The van der Waals surface area contributed by atoms with E-state index in [0.29, 0.717) is 32.2 Å². The summed E-state index contributed by atoms with van der Waals surface area (Å²) >= 11 is 0. The van der Waals surface area contributed by atoms with Crippen LogP contribution >= 0.6 is 0 Å². The second kappa shape index (κ2) is 14.9. The maximum Gasteiger partial charge on any atom is 0.421 e. The number of halogens is 3. The van der Waals surface area contributed by atoms with Gasteiger partial charge in [-0.15, -0.1) is 0 Å². The van der Waals surface area contributed by atoms with Gasteiger partial charge in [-0.3, -0.25) is 4.79 Å². The fourth-order valence-corrected chi connectivity index (χ4v) is 5.77. The molecule has 2 aromatic rings. The third-order valence-electron chi connectivity index (χ3n) is 8.16. The smallest absolute Gasteiger partial charge is 0.372 e. The fraction of sp³-hybridized carbons (Fsp3) is 0.633. The van der Waals surface area contributed by atoms with Crippen LogP contribution in [0.25, 0.3) is 0 Å². The number of ether oxygens (including phenoxy) is 1. The molecule has 1 aromatic carbocycles. The summed E-state index contributed by atoms with van der Waals surface area (Å²) in [5.41, 5.74) is 2.04. The highest BCUT2D eigenvalue weighted by atomic mass is 19.4. The molecule has 1 amide bonds. The minimum Gasteiger partial charge on any atom is -0.372 e. The largest absolute Gasteiger partial charge is 0.421 e. The van der Waals surface area contributed by atoms with Gasteiger partial charge in [-0.05, 0) is 69.0 Å². The van der Waals surface area contributed by atoms with Gasteiger partial charge in [0.05, 0.1) is 0 Å². The number of hydrogen-bond acceptors (Lipinski definition) is 8. The third kappa shape index (κ3) is 8.25. The number of aryl methyl sites for hydroxylation is 1. The van der Waals surface area contributed by atoms with Crippen molar-refractivity contribution in [2.75, 3.05) is 74.6 Å². The number of aromatic nitrogens is 2. The van der Waals surface area contributed by atoms with Gasteiger partial charge < -0.3 is 30.1 Å². The number of nitrogens with zero attached hydrogens (tertiary/aromatic N) is 5. The lowest BCUT2D eigenvalue weighted by Gasteiger charge is -2.39. The lowest BCUT2D eigenvalue weighted by Crippen LogP contribution is -2.44. The molecule has 2 fully saturated rings. The number of piperidine rings is 1. The number of amides is 1. The van der Waals surface area contributed by atoms with E-state index < -0.39 is 11.7 Å². The second-order valence-corrected chi connectivity index (χ2v) is 10.8. The number of nitrogens with one attached hydrogen (secondary N) is 2. The topological polar surface area (TPSA) is 85.9 Å². The van der Waals surface area contributed by atoms with Crippen LogP contribution in [-0.4, -0.2) is 90.7 Å². The third-order valence-corrected chi connectivity index (χ3v) is 8.16. The second-order valence-electron chi connectivity index (χ2n) is 10.8.